The number of hydrogen-bond donors (Lipinski definition) is 2. The zero-order valence-electron chi connectivity index (χ0n) is 15.9. The van der Waals surface area contributed by atoms with Gasteiger partial charge in [0.25, 0.3) is 0 Å². The Labute approximate surface area is 186 Å². The second-order valence-corrected chi connectivity index (χ2v) is 8.49. The molecule has 0 saturated carbocycles. The van der Waals surface area contributed by atoms with E-state index in [-0.39, 0.29) is 35.3 Å². The monoisotopic (exact) mass is 514 g/mol. The molecular formula is C20H27IN4O2S. The smallest absolute Gasteiger partial charge is 0.220 e. The molecule has 0 aromatic carbocycles. The first-order chi connectivity index (χ1) is 13.2. The van der Waals surface area contributed by atoms with Gasteiger partial charge in [-0.1, -0.05) is 6.07 Å². The number of thiophene rings is 1. The second-order valence-electron chi connectivity index (χ2n) is 7.45. The molecule has 6 nitrogen and oxygen atoms in total. The quantitative estimate of drug-likeness (QED) is 0.365. The highest BCUT2D eigenvalue weighted by atomic mass is 127. The molecule has 1 atom stereocenters. The van der Waals surface area contributed by atoms with Crippen LogP contribution in [0.1, 0.15) is 29.9 Å². The minimum absolute atomic E-state index is 0. The van der Waals surface area contributed by atoms with Crippen molar-refractivity contribution >= 4 is 47.2 Å². The third kappa shape index (κ3) is 5.28. The Hall–Kier alpha value is -1.55. The molecule has 0 bridgehead atoms. The first kappa shape index (κ1) is 21.2. The summed E-state index contributed by atoms with van der Waals surface area (Å²) < 4.78 is 5.43. The molecule has 8 heteroatoms. The minimum atomic E-state index is 0. The van der Waals surface area contributed by atoms with Gasteiger partial charge in [0.05, 0.1) is 12.8 Å². The van der Waals surface area contributed by atoms with Crippen LogP contribution >= 0.6 is 35.3 Å². The number of guanidine groups is 1. The summed E-state index contributed by atoms with van der Waals surface area (Å²) >= 11 is 1.73. The van der Waals surface area contributed by atoms with E-state index in [1.165, 1.54) is 4.88 Å². The highest BCUT2D eigenvalue weighted by Crippen LogP contribution is 2.36. The summed E-state index contributed by atoms with van der Waals surface area (Å²) in [6.45, 7) is 4.10. The van der Waals surface area contributed by atoms with E-state index in [1.54, 1.807) is 17.6 Å². The lowest BCUT2D eigenvalue weighted by Gasteiger charge is -2.40. The molecule has 2 aromatic heterocycles. The van der Waals surface area contributed by atoms with E-state index in [9.17, 15) is 4.79 Å². The lowest BCUT2D eigenvalue weighted by molar-refractivity contribution is -0.119. The molecular weight excluding hydrogens is 487 g/mol. The molecule has 2 aliphatic rings. The van der Waals surface area contributed by atoms with Crippen molar-refractivity contribution in [2.24, 2.45) is 10.4 Å². The van der Waals surface area contributed by atoms with Crippen LogP contribution in [0, 0.1) is 5.41 Å². The van der Waals surface area contributed by atoms with Gasteiger partial charge in [-0.2, -0.15) is 0 Å². The van der Waals surface area contributed by atoms with Gasteiger partial charge >= 0.3 is 0 Å². The molecule has 152 valence electrons. The fourth-order valence-electron chi connectivity index (χ4n) is 4.00. The Bertz CT molecular complexity index is 778. The first-order valence-corrected chi connectivity index (χ1v) is 10.5. The molecule has 28 heavy (non-hydrogen) atoms. The molecule has 0 aliphatic carbocycles. The fourth-order valence-corrected chi connectivity index (χ4v) is 4.63. The number of halogens is 1. The summed E-state index contributed by atoms with van der Waals surface area (Å²) in [6.07, 6.45) is 5.36. The molecule has 4 heterocycles. The molecule has 2 N–H and O–H groups in total. The van der Waals surface area contributed by atoms with Crippen molar-refractivity contribution in [3.63, 3.8) is 0 Å². The molecule has 2 fully saturated rings. The topological polar surface area (TPSA) is 69.9 Å². The zero-order valence-corrected chi connectivity index (χ0v) is 19.0. The van der Waals surface area contributed by atoms with Crippen LogP contribution in [-0.4, -0.2) is 42.9 Å². The Kier molecular flexibility index (Phi) is 7.39. The predicted octanol–water partition coefficient (Wildman–Crippen LogP) is 3.25. The number of nitrogens with zero attached hydrogens (tertiary/aromatic N) is 2. The SMILES string of the molecule is I.O=C1CC2(CCCN(C(=NCc3cccs3)NCCc3ccco3)C2)CN1. The van der Waals surface area contributed by atoms with E-state index in [4.69, 9.17) is 9.41 Å². The first-order valence-electron chi connectivity index (χ1n) is 9.57. The number of rotatable bonds is 5. The number of aliphatic imine (C=N–C) groups is 1. The molecule has 1 spiro atoms. The zero-order chi connectivity index (χ0) is 18.5. The van der Waals surface area contributed by atoms with Crippen LogP contribution in [0.15, 0.2) is 45.3 Å². The Morgan fingerprint density at radius 3 is 3.04 bits per heavy atom. The largest absolute Gasteiger partial charge is 0.469 e. The predicted molar refractivity (Wildman–Crippen MR) is 122 cm³/mol. The highest BCUT2D eigenvalue weighted by Gasteiger charge is 2.42. The average Bonchev–Trinajstić information content (AvgIpc) is 3.42. The highest BCUT2D eigenvalue weighted by molar-refractivity contribution is 14.0. The normalized spacial score (nSPS) is 22.2. The van der Waals surface area contributed by atoms with Gasteiger partial charge in [0.1, 0.15) is 5.76 Å². The summed E-state index contributed by atoms with van der Waals surface area (Å²) in [6, 6.07) is 8.09. The van der Waals surface area contributed by atoms with Crippen LogP contribution in [0.2, 0.25) is 0 Å². The number of carbonyl (C=O) groups excluding carboxylic acids is 1. The lowest BCUT2D eigenvalue weighted by atomic mass is 9.79. The Morgan fingerprint density at radius 1 is 1.39 bits per heavy atom. The number of hydrogen-bond acceptors (Lipinski definition) is 4. The van der Waals surface area contributed by atoms with E-state index in [1.807, 2.05) is 12.1 Å². The van der Waals surface area contributed by atoms with Crippen LogP contribution in [0.25, 0.3) is 0 Å². The van der Waals surface area contributed by atoms with Crippen LogP contribution in [0.5, 0.6) is 0 Å². The molecule has 1 amide bonds. The van der Waals surface area contributed by atoms with Crippen molar-refractivity contribution in [3.8, 4) is 0 Å². The third-order valence-corrected chi connectivity index (χ3v) is 6.22. The molecule has 1 unspecified atom stereocenters. The van der Waals surface area contributed by atoms with E-state index in [2.05, 4.69) is 33.0 Å². The van der Waals surface area contributed by atoms with Gasteiger partial charge in [0.2, 0.25) is 5.91 Å². The number of likely N-dealkylation sites (tertiary alicyclic amines) is 1. The summed E-state index contributed by atoms with van der Waals surface area (Å²) in [5.41, 5.74) is 0.0573. The van der Waals surface area contributed by atoms with Crippen LogP contribution < -0.4 is 10.6 Å². The van der Waals surface area contributed by atoms with Crippen molar-refractivity contribution < 1.29 is 9.21 Å². The second kappa shape index (κ2) is 9.78. The number of amides is 1. The summed E-state index contributed by atoms with van der Waals surface area (Å²) in [5.74, 6) is 2.09. The van der Waals surface area contributed by atoms with E-state index in [0.717, 1.165) is 57.2 Å². The molecule has 4 rings (SSSR count). The molecule has 2 aliphatic heterocycles. The van der Waals surface area contributed by atoms with Gasteiger partial charge in [-0.3, -0.25) is 4.79 Å². The Morgan fingerprint density at radius 2 is 2.32 bits per heavy atom. The maximum atomic E-state index is 11.8. The number of piperidine rings is 1. The van der Waals surface area contributed by atoms with Crippen molar-refractivity contribution in [2.45, 2.75) is 32.2 Å². The van der Waals surface area contributed by atoms with E-state index >= 15 is 0 Å². The van der Waals surface area contributed by atoms with Crippen LogP contribution in [0.4, 0.5) is 0 Å². The van der Waals surface area contributed by atoms with Crippen LogP contribution in [0.3, 0.4) is 0 Å². The van der Waals surface area contributed by atoms with Crippen LogP contribution in [-0.2, 0) is 17.8 Å². The maximum absolute atomic E-state index is 11.8. The van der Waals surface area contributed by atoms with Crippen molar-refractivity contribution in [1.29, 1.82) is 0 Å². The van der Waals surface area contributed by atoms with E-state index in [0.29, 0.717) is 13.0 Å². The molecule has 0 radical (unpaired) electrons. The number of carbonyl (C=O) groups is 1. The Balaban J connectivity index is 0.00000225. The van der Waals surface area contributed by atoms with E-state index < -0.39 is 0 Å². The van der Waals surface area contributed by atoms with Gasteiger partial charge in [-0.15, -0.1) is 35.3 Å². The fraction of sp³-hybridized carbons (Fsp3) is 0.500. The standard InChI is InChI=1S/C20H26N4O2S.HI/c25-18-12-20(14-23-18)7-3-9-24(15-20)19(22-13-17-5-2-11-27-17)21-8-6-16-4-1-10-26-16;/h1-2,4-5,10-11H,3,6-9,12-15H2,(H,21,22)(H,23,25);1H. The summed E-state index contributed by atoms with van der Waals surface area (Å²) in [5, 5.41) is 8.63. The summed E-state index contributed by atoms with van der Waals surface area (Å²) in [7, 11) is 0. The lowest BCUT2D eigenvalue weighted by Crippen LogP contribution is -2.51. The third-order valence-electron chi connectivity index (χ3n) is 5.36. The van der Waals surface area contributed by atoms with Crippen molar-refractivity contribution in [2.75, 3.05) is 26.2 Å². The molecule has 2 saturated heterocycles. The van der Waals surface area contributed by atoms with Gasteiger partial charge in [0.15, 0.2) is 5.96 Å². The minimum Gasteiger partial charge on any atom is -0.469 e. The van der Waals surface area contributed by atoms with Crippen molar-refractivity contribution in [3.05, 3.63) is 46.5 Å². The number of nitrogens with one attached hydrogen (secondary N) is 2. The maximum Gasteiger partial charge on any atom is 0.220 e. The van der Waals surface area contributed by atoms with Gasteiger partial charge in [0, 0.05) is 49.3 Å². The van der Waals surface area contributed by atoms with Gasteiger partial charge < -0.3 is 20.0 Å². The van der Waals surface area contributed by atoms with Gasteiger partial charge in [-0.05, 0) is 36.4 Å². The summed E-state index contributed by atoms with van der Waals surface area (Å²) in [4.78, 5) is 20.3. The van der Waals surface area contributed by atoms with Crippen molar-refractivity contribution in [1.82, 2.24) is 15.5 Å². The number of furan rings is 1. The average molecular weight is 514 g/mol. The van der Waals surface area contributed by atoms with Gasteiger partial charge in [-0.25, -0.2) is 4.99 Å². The molecule has 2 aromatic rings.